The third kappa shape index (κ3) is 10.8. The molecule has 1 aliphatic heterocycles. The van der Waals surface area contributed by atoms with Crippen LogP contribution in [0.25, 0.3) is 0 Å². The van der Waals surface area contributed by atoms with Gasteiger partial charge in [-0.2, -0.15) is 10.6 Å². The van der Waals surface area contributed by atoms with Crippen LogP contribution in [0, 0.1) is 11.6 Å². The van der Waals surface area contributed by atoms with Crippen LogP contribution in [0.4, 0.5) is 8.78 Å². The van der Waals surface area contributed by atoms with Gasteiger partial charge in [0.2, 0.25) is 5.91 Å². The maximum absolute atomic E-state index is 14.7. The minimum atomic E-state index is -2.20. The Labute approximate surface area is 297 Å². The predicted octanol–water partition coefficient (Wildman–Crippen LogP) is 6.35. The summed E-state index contributed by atoms with van der Waals surface area (Å²) in [4.78, 5) is 34.0. The summed E-state index contributed by atoms with van der Waals surface area (Å²) in [7, 11) is -2.20. The second kappa shape index (κ2) is 18.3. The number of aliphatic hydroxyl groups excluding tert-OH is 1. The van der Waals surface area contributed by atoms with Crippen molar-refractivity contribution in [2.45, 2.75) is 89.3 Å². The molecule has 0 bridgehead atoms. The molecule has 0 spiro atoms. The topological polar surface area (TPSA) is 127 Å². The van der Waals surface area contributed by atoms with Crippen LogP contribution in [0.1, 0.15) is 73.5 Å². The Morgan fingerprint density at radius 1 is 1.02 bits per heavy atom. The van der Waals surface area contributed by atoms with E-state index in [4.69, 9.17) is 14.1 Å². The summed E-state index contributed by atoms with van der Waals surface area (Å²) >= 11 is 3.36. The molecule has 3 aromatic rings. The lowest BCUT2D eigenvalue weighted by Crippen LogP contribution is -2.55. The van der Waals surface area contributed by atoms with E-state index in [2.05, 4.69) is 40.1 Å². The summed E-state index contributed by atoms with van der Waals surface area (Å²) in [6.45, 7) is 6.25. The Morgan fingerprint density at radius 2 is 1.69 bits per heavy atom. The Balaban J connectivity index is 1.68. The number of hydrogen-bond donors (Lipinski definition) is 3. The smallest absolute Gasteiger partial charge is 0.253 e. The third-order valence-electron chi connectivity index (χ3n) is 8.57. The first kappa shape index (κ1) is 38.9. The predicted molar refractivity (Wildman–Crippen MR) is 192 cm³/mol. The first-order valence-electron chi connectivity index (χ1n) is 16.7. The molecule has 49 heavy (non-hydrogen) atoms. The van der Waals surface area contributed by atoms with Crippen molar-refractivity contribution in [1.82, 2.24) is 15.2 Å². The third-order valence-corrected chi connectivity index (χ3v) is 12.3. The van der Waals surface area contributed by atoms with Crippen LogP contribution in [0.3, 0.4) is 0 Å². The van der Waals surface area contributed by atoms with Crippen LogP contribution < -0.4 is 11.1 Å². The van der Waals surface area contributed by atoms with Crippen molar-refractivity contribution in [2.24, 2.45) is 5.73 Å². The fourth-order valence-electron chi connectivity index (χ4n) is 6.05. The molecule has 9 nitrogen and oxygen atoms in total. The van der Waals surface area contributed by atoms with E-state index in [-0.39, 0.29) is 48.4 Å². The number of rotatable bonds is 18. The lowest BCUT2D eigenvalue weighted by molar-refractivity contribution is -0.135. The normalized spacial score (nSPS) is 16.3. The molecule has 1 fully saturated rings. The molecule has 0 aliphatic carbocycles. The molecule has 13 heteroatoms. The highest BCUT2D eigenvalue weighted by Crippen LogP contribution is 2.63. The number of aryl methyl sites for hydroxylation is 1. The van der Waals surface area contributed by atoms with Crippen LogP contribution in [0.15, 0.2) is 65.4 Å². The minimum absolute atomic E-state index is 0.0239. The standard InChI is InChI=1S/C36H47BrF2N4O5S/c1-4-8-31(9-5-2)49(47-23-48-49)22-33(42-35(45)27-16-28(37)19-41-18-27)36(46)43(20-25-11-7-10-24(6-3)12-25)21-34(44)32(40)15-26-13-29(38)17-30(39)14-26/h7,10-14,16-19,31-34,44H,4-6,8-9,15,20-23,40H2,1-3H3,(H,42,45)/t32-,33+,34+/m0/s1. The van der Waals surface area contributed by atoms with Crippen molar-refractivity contribution >= 4 is 38.3 Å². The molecule has 2 aromatic carbocycles. The summed E-state index contributed by atoms with van der Waals surface area (Å²) < 4.78 is 40.8. The summed E-state index contributed by atoms with van der Waals surface area (Å²) in [6, 6.07) is 10.5. The average Bonchev–Trinajstić information content (AvgIpc) is 3.04. The van der Waals surface area contributed by atoms with Crippen LogP contribution >= 0.6 is 26.5 Å². The van der Waals surface area contributed by atoms with E-state index in [9.17, 15) is 23.5 Å². The number of hydrogen-bond acceptors (Lipinski definition) is 7. The quantitative estimate of drug-likeness (QED) is 0.138. The zero-order valence-corrected chi connectivity index (χ0v) is 30.7. The van der Waals surface area contributed by atoms with Crippen LogP contribution in [-0.4, -0.2) is 69.3 Å². The number of carbonyl (C=O) groups is 2. The average molecular weight is 766 g/mol. The lowest BCUT2D eigenvalue weighted by atomic mass is 10.0. The number of amides is 2. The van der Waals surface area contributed by atoms with Crippen molar-refractivity contribution in [1.29, 1.82) is 0 Å². The molecule has 4 N–H and O–H groups in total. The zero-order chi connectivity index (χ0) is 35.6. The molecule has 2 amide bonds. The van der Waals surface area contributed by atoms with Gasteiger partial charge < -0.3 is 21.1 Å². The van der Waals surface area contributed by atoms with Gasteiger partial charge in [0.1, 0.15) is 17.7 Å². The first-order valence-corrected chi connectivity index (χ1v) is 19.2. The highest BCUT2D eigenvalue weighted by molar-refractivity contribution is 9.10. The van der Waals surface area contributed by atoms with E-state index in [1.54, 1.807) is 12.3 Å². The Kier molecular flexibility index (Phi) is 14.5. The molecular weight excluding hydrogens is 718 g/mol. The number of nitrogens with one attached hydrogen (secondary N) is 1. The zero-order valence-electron chi connectivity index (χ0n) is 28.2. The van der Waals surface area contributed by atoms with Gasteiger partial charge in [-0.3, -0.25) is 22.9 Å². The van der Waals surface area contributed by atoms with E-state index in [0.717, 1.165) is 49.3 Å². The van der Waals surface area contributed by atoms with Crippen molar-refractivity contribution in [3.8, 4) is 0 Å². The number of benzene rings is 2. The molecule has 1 aromatic heterocycles. The summed E-state index contributed by atoms with van der Waals surface area (Å²) in [5, 5.41) is 14.4. The molecule has 1 saturated heterocycles. The Bertz CT molecular complexity index is 1540. The van der Waals surface area contributed by atoms with Gasteiger partial charge in [-0.05, 0) is 76.5 Å². The lowest BCUT2D eigenvalue weighted by Gasteiger charge is -2.56. The molecule has 0 saturated carbocycles. The Hall–Kier alpha value is -2.94. The van der Waals surface area contributed by atoms with Crippen molar-refractivity contribution in [2.75, 3.05) is 19.1 Å². The number of nitrogens with two attached hydrogens (primary N) is 1. The number of carbonyl (C=O) groups excluding carboxylic acids is 2. The maximum atomic E-state index is 14.7. The molecule has 0 unspecified atom stereocenters. The molecule has 1 aliphatic rings. The summed E-state index contributed by atoms with van der Waals surface area (Å²) in [5.41, 5.74) is 8.82. The van der Waals surface area contributed by atoms with E-state index < -0.39 is 52.2 Å². The van der Waals surface area contributed by atoms with Gasteiger partial charge in [0.05, 0.1) is 17.4 Å². The van der Waals surface area contributed by atoms with Crippen molar-refractivity contribution in [3.05, 3.63) is 99.3 Å². The minimum Gasteiger partial charge on any atom is -0.390 e. The fourth-order valence-corrected chi connectivity index (χ4v) is 9.49. The largest absolute Gasteiger partial charge is 0.390 e. The number of halogens is 3. The van der Waals surface area contributed by atoms with Gasteiger partial charge in [0.15, 0.2) is 6.79 Å². The highest BCUT2D eigenvalue weighted by atomic mass is 79.9. The monoisotopic (exact) mass is 764 g/mol. The van der Waals surface area contributed by atoms with Crippen molar-refractivity contribution in [3.63, 3.8) is 0 Å². The number of aliphatic hydroxyl groups is 1. The van der Waals surface area contributed by atoms with E-state index in [0.29, 0.717) is 4.47 Å². The van der Waals surface area contributed by atoms with E-state index in [1.165, 1.54) is 23.2 Å². The fraction of sp³-hybridized carbons (Fsp3) is 0.472. The summed E-state index contributed by atoms with van der Waals surface area (Å²) in [5.74, 6) is -2.31. The molecule has 4 rings (SSSR count). The number of pyridine rings is 1. The van der Waals surface area contributed by atoms with Gasteiger partial charge in [0, 0.05) is 47.3 Å². The maximum Gasteiger partial charge on any atom is 0.253 e. The number of nitrogens with zero attached hydrogens (tertiary/aromatic N) is 2. The van der Waals surface area contributed by atoms with Crippen LogP contribution in [0.2, 0.25) is 0 Å². The molecule has 0 radical (unpaired) electrons. The SMILES string of the molecule is CCCC(CCC)S1(C[C@@H](NC(=O)c2cncc(Br)c2)C(=O)N(Cc2cccc(CC)c2)C[C@@H](O)[C@@H](N)Cc2cc(F)cc(F)c2)OCO1. The van der Waals surface area contributed by atoms with Crippen LogP contribution in [-0.2, 0) is 32.5 Å². The highest BCUT2D eigenvalue weighted by Gasteiger charge is 2.43. The molecule has 2 heterocycles. The molecule has 3 atom stereocenters. The van der Waals surface area contributed by atoms with E-state index in [1.807, 2.05) is 31.2 Å². The van der Waals surface area contributed by atoms with Gasteiger partial charge in [-0.15, -0.1) is 0 Å². The summed E-state index contributed by atoms with van der Waals surface area (Å²) in [6.07, 6.45) is 5.97. The second-order valence-corrected chi connectivity index (χ2v) is 16.1. The first-order chi connectivity index (χ1) is 23.5. The molecular formula is C36H47BrF2N4O5S. The van der Waals surface area contributed by atoms with Crippen molar-refractivity contribution < 1.29 is 31.8 Å². The van der Waals surface area contributed by atoms with Gasteiger partial charge >= 0.3 is 0 Å². The van der Waals surface area contributed by atoms with Gasteiger partial charge in [-0.25, -0.2) is 8.78 Å². The van der Waals surface area contributed by atoms with Crippen LogP contribution in [0.5, 0.6) is 0 Å². The van der Waals surface area contributed by atoms with Gasteiger partial charge in [-0.1, -0.05) is 57.9 Å². The molecule has 268 valence electrons. The Morgan fingerprint density at radius 3 is 2.29 bits per heavy atom. The second-order valence-electron chi connectivity index (χ2n) is 12.4. The van der Waals surface area contributed by atoms with E-state index >= 15 is 0 Å². The number of aromatic nitrogens is 1. The van der Waals surface area contributed by atoms with Gasteiger partial charge in [0.25, 0.3) is 5.91 Å².